The average molecular weight is 349 g/mol. The molecule has 0 unspecified atom stereocenters. The van der Waals surface area contributed by atoms with Crippen molar-refractivity contribution in [2.45, 2.75) is 51.2 Å². The van der Waals surface area contributed by atoms with Crippen LogP contribution in [-0.2, 0) is 9.53 Å². The van der Waals surface area contributed by atoms with E-state index >= 15 is 0 Å². The highest BCUT2D eigenvalue weighted by Crippen LogP contribution is 2.27. The van der Waals surface area contributed by atoms with Crippen LogP contribution in [0.4, 0.5) is 4.39 Å². The van der Waals surface area contributed by atoms with Gasteiger partial charge in [0.25, 0.3) is 5.91 Å². The van der Waals surface area contributed by atoms with Gasteiger partial charge >= 0.3 is 5.97 Å². The van der Waals surface area contributed by atoms with E-state index in [1.807, 2.05) is 0 Å². The van der Waals surface area contributed by atoms with Crippen LogP contribution in [-0.4, -0.2) is 24.0 Å². The zero-order valence-electron chi connectivity index (χ0n) is 13.5. The number of ether oxygens (including phenoxy) is 1. The summed E-state index contributed by atoms with van der Waals surface area (Å²) in [6.45, 7) is 1.57. The lowest BCUT2D eigenvalue weighted by Gasteiger charge is -2.24. The summed E-state index contributed by atoms with van der Waals surface area (Å²) in [5, 5.41) is 3.73. The summed E-state index contributed by atoms with van der Waals surface area (Å²) in [4.78, 5) is 24.7. The van der Waals surface area contributed by atoms with Crippen LogP contribution >= 0.6 is 11.3 Å². The van der Waals surface area contributed by atoms with E-state index in [9.17, 15) is 14.0 Å². The Balaban J connectivity index is 1.60. The van der Waals surface area contributed by atoms with E-state index < -0.39 is 12.1 Å². The molecule has 3 rings (SSSR count). The summed E-state index contributed by atoms with van der Waals surface area (Å²) < 4.78 is 19.2. The van der Waals surface area contributed by atoms with Crippen molar-refractivity contribution in [1.29, 1.82) is 0 Å². The Hall–Kier alpha value is -1.95. The van der Waals surface area contributed by atoms with Gasteiger partial charge in [-0.25, -0.2) is 9.18 Å². The van der Waals surface area contributed by atoms with Crippen LogP contribution in [0.25, 0.3) is 10.1 Å². The fourth-order valence-corrected chi connectivity index (χ4v) is 3.91. The molecule has 0 radical (unpaired) electrons. The molecule has 1 saturated carbocycles. The fraction of sp³-hybridized carbons (Fsp3) is 0.444. The second kappa shape index (κ2) is 7.30. The zero-order chi connectivity index (χ0) is 17.1. The second-order valence-electron chi connectivity index (χ2n) is 6.18. The van der Waals surface area contributed by atoms with Gasteiger partial charge in [-0.15, -0.1) is 11.3 Å². The van der Waals surface area contributed by atoms with Gasteiger partial charge in [-0.1, -0.05) is 25.3 Å². The van der Waals surface area contributed by atoms with Crippen molar-refractivity contribution in [3.63, 3.8) is 0 Å². The standard InChI is InChI=1S/C18H20FNO3S/c1-11(17(21)20-14-5-3-2-4-6-14)23-18(22)16-9-12-7-8-13(19)10-15(12)24-16/h7-11,14H,2-6H2,1H3,(H,20,21)/t11-/m1/s1. The molecule has 1 aliphatic carbocycles. The van der Waals surface area contributed by atoms with Crippen LogP contribution in [0.15, 0.2) is 24.3 Å². The number of esters is 1. The first-order valence-electron chi connectivity index (χ1n) is 8.23. The largest absolute Gasteiger partial charge is 0.448 e. The van der Waals surface area contributed by atoms with E-state index in [1.54, 1.807) is 19.1 Å². The second-order valence-corrected chi connectivity index (χ2v) is 7.27. The molecular weight excluding hydrogens is 329 g/mol. The van der Waals surface area contributed by atoms with Crippen molar-refractivity contribution < 1.29 is 18.7 Å². The van der Waals surface area contributed by atoms with Crippen molar-refractivity contribution in [3.05, 3.63) is 35.0 Å². The number of carbonyl (C=O) groups excluding carboxylic acids is 2. The van der Waals surface area contributed by atoms with Gasteiger partial charge in [0.2, 0.25) is 0 Å². The number of carbonyl (C=O) groups is 2. The first kappa shape index (κ1) is 16.9. The molecule has 0 spiro atoms. The topological polar surface area (TPSA) is 55.4 Å². The third-order valence-electron chi connectivity index (χ3n) is 4.29. The Bertz CT molecular complexity index is 752. The van der Waals surface area contributed by atoms with Crippen LogP contribution in [0.1, 0.15) is 48.7 Å². The van der Waals surface area contributed by atoms with E-state index in [4.69, 9.17) is 4.74 Å². The summed E-state index contributed by atoms with van der Waals surface area (Å²) >= 11 is 1.16. The maximum Gasteiger partial charge on any atom is 0.349 e. The Labute approximate surface area is 144 Å². The van der Waals surface area contributed by atoms with E-state index in [0.717, 1.165) is 42.4 Å². The minimum atomic E-state index is -0.846. The number of hydrogen-bond acceptors (Lipinski definition) is 4. The highest BCUT2D eigenvalue weighted by atomic mass is 32.1. The number of amides is 1. The highest BCUT2D eigenvalue weighted by molar-refractivity contribution is 7.20. The number of hydrogen-bond donors (Lipinski definition) is 1. The van der Waals surface area contributed by atoms with Crippen molar-refractivity contribution in [2.75, 3.05) is 0 Å². The fourth-order valence-electron chi connectivity index (χ4n) is 2.94. The van der Waals surface area contributed by atoms with Crippen molar-refractivity contribution in [3.8, 4) is 0 Å². The molecule has 1 atom stereocenters. The summed E-state index contributed by atoms with van der Waals surface area (Å²) in [5.74, 6) is -1.16. The van der Waals surface area contributed by atoms with Gasteiger partial charge < -0.3 is 10.1 Å². The monoisotopic (exact) mass is 349 g/mol. The van der Waals surface area contributed by atoms with Crippen LogP contribution < -0.4 is 5.32 Å². The Kier molecular flexibility index (Phi) is 5.14. The number of fused-ring (bicyclic) bond motifs is 1. The Morgan fingerprint density at radius 1 is 1.25 bits per heavy atom. The smallest absolute Gasteiger partial charge is 0.349 e. The molecular formula is C18H20FNO3S. The van der Waals surface area contributed by atoms with Gasteiger partial charge in [0.15, 0.2) is 6.10 Å². The first-order valence-corrected chi connectivity index (χ1v) is 9.05. The van der Waals surface area contributed by atoms with Crippen molar-refractivity contribution in [2.24, 2.45) is 0 Å². The molecule has 0 saturated heterocycles. The maximum absolute atomic E-state index is 13.2. The predicted octanol–water partition coefficient (Wildman–Crippen LogP) is 4.03. The summed E-state index contributed by atoms with van der Waals surface area (Å²) in [6.07, 6.45) is 4.57. The van der Waals surface area contributed by atoms with Gasteiger partial charge in [0.05, 0.1) is 0 Å². The maximum atomic E-state index is 13.2. The van der Waals surface area contributed by atoms with E-state index in [-0.39, 0.29) is 17.8 Å². The molecule has 2 aromatic rings. The minimum absolute atomic E-state index is 0.180. The predicted molar refractivity (Wildman–Crippen MR) is 91.7 cm³/mol. The van der Waals surface area contributed by atoms with Crippen molar-refractivity contribution >= 4 is 33.3 Å². The van der Waals surface area contributed by atoms with Gasteiger partial charge in [-0.2, -0.15) is 0 Å². The van der Waals surface area contributed by atoms with Crippen LogP contribution in [0, 0.1) is 5.82 Å². The average Bonchev–Trinajstić information content (AvgIpc) is 2.99. The molecule has 1 N–H and O–H groups in total. The summed E-state index contributed by atoms with van der Waals surface area (Å²) in [6, 6.07) is 6.20. The number of benzene rings is 1. The molecule has 4 nitrogen and oxygen atoms in total. The SMILES string of the molecule is C[C@@H](OC(=O)c1cc2ccc(F)cc2s1)C(=O)NC1CCCCC1. The normalized spacial score (nSPS) is 16.8. The van der Waals surface area contributed by atoms with Gasteiger partial charge in [0.1, 0.15) is 10.7 Å². The Morgan fingerprint density at radius 2 is 2.00 bits per heavy atom. The summed E-state index contributed by atoms with van der Waals surface area (Å²) in [7, 11) is 0. The molecule has 0 bridgehead atoms. The molecule has 1 aromatic heterocycles. The molecule has 1 fully saturated rings. The minimum Gasteiger partial charge on any atom is -0.448 e. The molecule has 1 amide bonds. The van der Waals surface area contributed by atoms with Gasteiger partial charge in [-0.05, 0) is 43.4 Å². The number of rotatable bonds is 4. The Morgan fingerprint density at radius 3 is 2.75 bits per heavy atom. The van der Waals surface area contributed by atoms with Crippen molar-refractivity contribution in [1.82, 2.24) is 5.32 Å². The quantitative estimate of drug-likeness (QED) is 0.848. The van der Waals surface area contributed by atoms with E-state index in [1.165, 1.54) is 18.6 Å². The van der Waals surface area contributed by atoms with E-state index in [2.05, 4.69) is 5.32 Å². The third-order valence-corrected chi connectivity index (χ3v) is 5.37. The van der Waals surface area contributed by atoms with E-state index in [0.29, 0.717) is 9.58 Å². The molecule has 24 heavy (non-hydrogen) atoms. The number of thiophene rings is 1. The lowest BCUT2D eigenvalue weighted by Crippen LogP contribution is -2.42. The molecule has 1 heterocycles. The molecule has 128 valence electrons. The number of halogens is 1. The van der Waals surface area contributed by atoms with Crippen LogP contribution in [0.3, 0.4) is 0 Å². The van der Waals surface area contributed by atoms with Gasteiger partial charge in [0, 0.05) is 10.7 Å². The third kappa shape index (κ3) is 3.93. The summed E-state index contributed by atoms with van der Waals surface area (Å²) in [5.41, 5.74) is 0. The molecule has 1 aliphatic rings. The number of nitrogens with one attached hydrogen (secondary N) is 1. The lowest BCUT2D eigenvalue weighted by atomic mass is 9.95. The first-order chi connectivity index (χ1) is 11.5. The molecule has 0 aliphatic heterocycles. The van der Waals surface area contributed by atoms with Crippen LogP contribution in [0.5, 0.6) is 0 Å². The lowest BCUT2D eigenvalue weighted by molar-refractivity contribution is -0.130. The van der Waals surface area contributed by atoms with Crippen LogP contribution in [0.2, 0.25) is 0 Å². The zero-order valence-corrected chi connectivity index (χ0v) is 14.3. The molecule has 1 aromatic carbocycles. The van der Waals surface area contributed by atoms with Gasteiger partial charge in [-0.3, -0.25) is 4.79 Å². The molecule has 6 heteroatoms. The highest BCUT2D eigenvalue weighted by Gasteiger charge is 2.23.